The summed E-state index contributed by atoms with van der Waals surface area (Å²) in [4.78, 5) is 32.6. The molecular weight excluding hydrogens is 453 g/mol. The van der Waals surface area contributed by atoms with Crippen LogP contribution >= 0.6 is 0 Å². The standard InChI is InChI=1S/C23H26FN9O2/c1-26-20-11-19(30-21-15(12-27-33(20)21)22(34)29-18-10-16(18)24)28-17-4-2-8-32(23(17)35)14-5-9-31(13-14)7-3-6-25/h2,4,8,11-12,14,16,18,26H,3,5,7,9-10,13H2,1H3,(H,28,30)(H,29,34)/t14-,16+,18-/m1/s1. The van der Waals surface area contributed by atoms with Crippen LogP contribution in [0.25, 0.3) is 5.65 Å². The van der Waals surface area contributed by atoms with E-state index in [1.54, 1.807) is 36.0 Å². The van der Waals surface area contributed by atoms with Gasteiger partial charge in [0.1, 0.15) is 29.1 Å². The highest BCUT2D eigenvalue weighted by molar-refractivity contribution is 6.00. The lowest BCUT2D eigenvalue weighted by molar-refractivity contribution is 0.0949. The number of halogens is 1. The summed E-state index contributed by atoms with van der Waals surface area (Å²) < 4.78 is 16.5. The van der Waals surface area contributed by atoms with Crippen LogP contribution in [-0.4, -0.2) is 68.9 Å². The molecule has 2 fully saturated rings. The molecule has 3 aromatic rings. The highest BCUT2D eigenvalue weighted by Gasteiger charge is 2.39. The summed E-state index contributed by atoms with van der Waals surface area (Å²) in [7, 11) is 1.71. The lowest BCUT2D eigenvalue weighted by Crippen LogP contribution is -2.29. The third kappa shape index (κ3) is 4.54. The summed E-state index contributed by atoms with van der Waals surface area (Å²) in [6.45, 7) is 2.26. The van der Waals surface area contributed by atoms with Crippen LogP contribution in [-0.2, 0) is 0 Å². The Hall–Kier alpha value is -3.98. The van der Waals surface area contributed by atoms with Crippen molar-refractivity contribution in [2.45, 2.75) is 37.5 Å². The second kappa shape index (κ2) is 9.34. The van der Waals surface area contributed by atoms with E-state index in [0.717, 1.165) is 13.0 Å². The highest BCUT2D eigenvalue weighted by atomic mass is 19.1. The first kappa shape index (κ1) is 22.8. The van der Waals surface area contributed by atoms with E-state index < -0.39 is 18.1 Å². The molecule has 3 N–H and O–H groups in total. The molecule has 0 aromatic carbocycles. The van der Waals surface area contributed by atoms with Crippen LogP contribution in [0, 0.1) is 11.3 Å². The van der Waals surface area contributed by atoms with Crippen molar-refractivity contribution < 1.29 is 9.18 Å². The first-order valence-electron chi connectivity index (χ1n) is 11.6. The third-order valence-corrected chi connectivity index (χ3v) is 6.42. The molecule has 5 rings (SSSR count). The van der Waals surface area contributed by atoms with Crippen LogP contribution in [0.2, 0.25) is 0 Å². The molecule has 1 amide bonds. The number of hydrogen-bond donors (Lipinski definition) is 3. The molecule has 182 valence electrons. The molecule has 35 heavy (non-hydrogen) atoms. The average molecular weight is 480 g/mol. The van der Waals surface area contributed by atoms with Crippen molar-refractivity contribution in [3.05, 3.63) is 46.5 Å². The van der Waals surface area contributed by atoms with Crippen molar-refractivity contribution in [2.24, 2.45) is 0 Å². The maximum Gasteiger partial charge on any atom is 0.274 e. The molecule has 0 unspecified atom stereocenters. The minimum absolute atomic E-state index is 0.0260. The number of alkyl halides is 1. The lowest BCUT2D eigenvalue weighted by Gasteiger charge is -2.17. The SMILES string of the molecule is CNc1cc(Nc2cccn([C@@H]3CCN(CCC#N)C3)c2=O)nc2c(C(=O)N[C@@H]3C[C@@H]3F)cnn12. The number of fused-ring (bicyclic) bond motifs is 1. The van der Waals surface area contributed by atoms with Gasteiger partial charge in [-0.1, -0.05) is 0 Å². The smallest absolute Gasteiger partial charge is 0.274 e. The molecule has 12 heteroatoms. The molecule has 1 aliphatic heterocycles. The van der Waals surface area contributed by atoms with E-state index in [4.69, 9.17) is 5.26 Å². The molecule has 0 radical (unpaired) electrons. The Morgan fingerprint density at radius 1 is 1.40 bits per heavy atom. The van der Waals surface area contributed by atoms with Crippen LogP contribution in [0.15, 0.2) is 35.4 Å². The van der Waals surface area contributed by atoms with Gasteiger partial charge in [-0.05, 0) is 18.6 Å². The van der Waals surface area contributed by atoms with E-state index in [1.165, 1.54) is 10.7 Å². The Bertz CT molecular complexity index is 1360. The van der Waals surface area contributed by atoms with E-state index in [1.807, 2.05) is 0 Å². The number of amides is 1. The fourth-order valence-electron chi connectivity index (χ4n) is 4.41. The summed E-state index contributed by atoms with van der Waals surface area (Å²) in [6.07, 6.45) is 3.76. The first-order chi connectivity index (χ1) is 17.0. The topological polar surface area (TPSA) is 132 Å². The number of anilines is 3. The summed E-state index contributed by atoms with van der Waals surface area (Å²) in [5.74, 6) is 0.482. The summed E-state index contributed by atoms with van der Waals surface area (Å²) in [6, 6.07) is 6.89. The van der Waals surface area contributed by atoms with Crippen LogP contribution in [0.1, 0.15) is 35.7 Å². The number of pyridine rings is 1. The van der Waals surface area contributed by atoms with Crippen molar-refractivity contribution >= 4 is 28.9 Å². The zero-order chi connectivity index (χ0) is 24.5. The van der Waals surface area contributed by atoms with Gasteiger partial charge in [0.05, 0.1) is 24.3 Å². The second-order valence-corrected chi connectivity index (χ2v) is 8.81. The number of aromatic nitrogens is 4. The van der Waals surface area contributed by atoms with E-state index in [0.29, 0.717) is 43.3 Å². The quantitative estimate of drug-likeness (QED) is 0.445. The largest absolute Gasteiger partial charge is 0.373 e. The number of nitrogens with one attached hydrogen (secondary N) is 3. The zero-order valence-corrected chi connectivity index (χ0v) is 19.2. The normalized spacial score (nSPS) is 21.6. The number of likely N-dealkylation sites (tertiary alicyclic amines) is 1. The third-order valence-electron chi connectivity index (χ3n) is 6.42. The van der Waals surface area contributed by atoms with Crippen molar-refractivity contribution in [2.75, 3.05) is 37.3 Å². The predicted molar refractivity (Wildman–Crippen MR) is 128 cm³/mol. The van der Waals surface area contributed by atoms with Crippen molar-refractivity contribution in [3.63, 3.8) is 0 Å². The number of carbonyl (C=O) groups is 1. The van der Waals surface area contributed by atoms with Gasteiger partial charge < -0.3 is 25.4 Å². The second-order valence-electron chi connectivity index (χ2n) is 8.81. The Balaban J connectivity index is 1.41. The number of nitriles is 1. The van der Waals surface area contributed by atoms with Gasteiger partial charge in [0, 0.05) is 51.8 Å². The molecular formula is C23H26FN9O2. The van der Waals surface area contributed by atoms with E-state index in [9.17, 15) is 14.0 Å². The van der Waals surface area contributed by atoms with Gasteiger partial charge in [-0.25, -0.2) is 9.37 Å². The number of rotatable bonds is 8. The van der Waals surface area contributed by atoms with E-state index in [-0.39, 0.29) is 22.8 Å². The number of nitrogens with zero attached hydrogens (tertiary/aromatic N) is 6. The van der Waals surface area contributed by atoms with E-state index in [2.05, 4.69) is 37.0 Å². The van der Waals surface area contributed by atoms with Gasteiger partial charge in [-0.3, -0.25) is 9.59 Å². The van der Waals surface area contributed by atoms with Gasteiger partial charge in [0.25, 0.3) is 11.5 Å². The maximum atomic E-state index is 13.3. The van der Waals surface area contributed by atoms with E-state index >= 15 is 0 Å². The average Bonchev–Trinajstić information content (AvgIpc) is 3.23. The Labute approximate surface area is 200 Å². The molecule has 3 atom stereocenters. The molecule has 2 aliphatic rings. The van der Waals surface area contributed by atoms with Gasteiger partial charge >= 0.3 is 0 Å². The molecule has 0 spiro atoms. The Kier molecular flexibility index (Phi) is 6.08. The molecule has 1 aliphatic carbocycles. The lowest BCUT2D eigenvalue weighted by atomic mass is 10.2. The number of carbonyl (C=O) groups excluding carboxylic acids is 1. The number of hydrogen-bond acceptors (Lipinski definition) is 8. The van der Waals surface area contributed by atoms with Crippen LogP contribution < -0.4 is 21.5 Å². The first-order valence-corrected chi connectivity index (χ1v) is 11.6. The van der Waals surface area contributed by atoms with Crippen LogP contribution in [0.4, 0.5) is 21.7 Å². The zero-order valence-electron chi connectivity index (χ0n) is 19.2. The highest BCUT2D eigenvalue weighted by Crippen LogP contribution is 2.27. The van der Waals surface area contributed by atoms with Gasteiger partial charge in [0.2, 0.25) is 0 Å². The van der Waals surface area contributed by atoms with Crippen molar-refractivity contribution in [1.29, 1.82) is 5.26 Å². The Morgan fingerprint density at radius 3 is 2.97 bits per heavy atom. The summed E-state index contributed by atoms with van der Waals surface area (Å²) >= 11 is 0. The molecule has 0 bridgehead atoms. The van der Waals surface area contributed by atoms with Gasteiger partial charge in [0.15, 0.2) is 5.65 Å². The fraction of sp³-hybridized carbons (Fsp3) is 0.435. The van der Waals surface area contributed by atoms with Crippen molar-refractivity contribution in [1.82, 2.24) is 29.4 Å². The van der Waals surface area contributed by atoms with Crippen LogP contribution in [0.5, 0.6) is 0 Å². The monoisotopic (exact) mass is 479 g/mol. The van der Waals surface area contributed by atoms with Gasteiger partial charge in [-0.2, -0.15) is 14.9 Å². The summed E-state index contributed by atoms with van der Waals surface area (Å²) in [5.41, 5.74) is 0.679. The molecule has 1 saturated carbocycles. The Morgan fingerprint density at radius 2 is 2.23 bits per heavy atom. The van der Waals surface area contributed by atoms with Gasteiger partial charge in [-0.15, -0.1) is 0 Å². The summed E-state index contributed by atoms with van der Waals surface area (Å²) in [5, 5.41) is 21.8. The minimum Gasteiger partial charge on any atom is -0.373 e. The molecule has 3 aromatic heterocycles. The molecule has 1 saturated heterocycles. The predicted octanol–water partition coefficient (Wildman–Crippen LogP) is 1.68. The molecule has 4 heterocycles. The maximum absolute atomic E-state index is 13.3. The van der Waals surface area contributed by atoms with Crippen LogP contribution in [0.3, 0.4) is 0 Å². The molecule has 11 nitrogen and oxygen atoms in total. The fourth-order valence-corrected chi connectivity index (χ4v) is 4.41. The minimum atomic E-state index is -1.02. The van der Waals surface area contributed by atoms with Crippen molar-refractivity contribution in [3.8, 4) is 6.07 Å².